The van der Waals surface area contributed by atoms with Crippen molar-refractivity contribution in [2.45, 2.75) is 6.04 Å². The minimum Gasteiger partial charge on any atom is -1.00 e. The van der Waals surface area contributed by atoms with Crippen molar-refractivity contribution >= 4 is 44.3 Å². The number of phenols is 1. The second kappa shape index (κ2) is 6.21. The molecular weight excluding hydrogens is 311 g/mol. The molecule has 0 amide bonds. The molecule has 1 aromatic carbocycles. The third kappa shape index (κ3) is 3.21. The van der Waals surface area contributed by atoms with Crippen molar-refractivity contribution < 1.29 is 67.8 Å². The summed E-state index contributed by atoms with van der Waals surface area (Å²) in [6.45, 7) is 0. The first-order valence-electron chi connectivity index (χ1n) is 5.17. The van der Waals surface area contributed by atoms with Gasteiger partial charge in [0.05, 0.1) is 10.2 Å². The number of thiazole rings is 1. The molecule has 1 aliphatic rings. The van der Waals surface area contributed by atoms with Crippen molar-refractivity contribution in [3.8, 4) is 5.75 Å². The van der Waals surface area contributed by atoms with E-state index in [1.807, 2.05) is 0 Å². The molecule has 0 fully saturated rings. The van der Waals surface area contributed by atoms with Crippen LogP contribution in [0.3, 0.4) is 0 Å². The molecule has 1 aliphatic heterocycles. The van der Waals surface area contributed by atoms with Crippen molar-refractivity contribution in [2.75, 3.05) is 5.75 Å². The van der Waals surface area contributed by atoms with Gasteiger partial charge in [-0.05, 0) is 18.2 Å². The molecule has 0 radical (unpaired) electrons. The fraction of sp³-hybridized carbons (Fsp3) is 0.182. The number of aromatic hydroxyl groups is 1. The average molecular weight is 320 g/mol. The van der Waals surface area contributed by atoms with E-state index >= 15 is 0 Å². The van der Waals surface area contributed by atoms with Crippen LogP contribution < -0.4 is 51.4 Å². The first-order valence-corrected chi connectivity index (χ1v) is 6.97. The zero-order valence-corrected chi connectivity index (χ0v) is 14.8. The number of aliphatic carboxylic acids is 1. The third-order valence-corrected chi connectivity index (χ3v) is 4.70. The normalized spacial score (nSPS) is 18.1. The fourth-order valence-electron chi connectivity index (χ4n) is 1.62. The Kier molecular flexibility index (Phi) is 5.04. The molecule has 0 saturated heterocycles. The van der Waals surface area contributed by atoms with Gasteiger partial charge in [-0.1, -0.05) is 0 Å². The summed E-state index contributed by atoms with van der Waals surface area (Å²) in [5.41, 5.74) is 0.787. The maximum absolute atomic E-state index is 10.8. The predicted octanol–water partition coefficient (Wildman–Crippen LogP) is -0.935. The Balaban J connectivity index is 0.000001000. The Bertz CT molecular complexity index is 677. The van der Waals surface area contributed by atoms with E-state index in [1.165, 1.54) is 23.1 Å². The van der Waals surface area contributed by atoms with Crippen LogP contribution in [0.2, 0.25) is 0 Å². The summed E-state index contributed by atoms with van der Waals surface area (Å²) >= 11 is 2.81. The molecule has 0 unspecified atom stereocenters. The second-order valence-corrected chi connectivity index (χ2v) is 5.81. The number of thioether (sulfide) groups is 1. The molecule has 94 valence electrons. The molecule has 2 heterocycles. The smallest absolute Gasteiger partial charge is 1.00 e. The molecule has 0 bridgehead atoms. The summed E-state index contributed by atoms with van der Waals surface area (Å²) in [7, 11) is 0. The molecule has 3 rings (SSSR count). The first kappa shape index (κ1) is 15.4. The van der Waals surface area contributed by atoms with Crippen LogP contribution in [0.25, 0.3) is 10.2 Å². The number of benzene rings is 1. The molecule has 8 heteroatoms. The number of carboxylic acids is 1. The summed E-state index contributed by atoms with van der Waals surface area (Å²) in [6.07, 6.45) is 0. The number of aliphatic imine (C=N–C) groups is 1. The van der Waals surface area contributed by atoms with Crippen LogP contribution >= 0.6 is 23.1 Å². The van der Waals surface area contributed by atoms with Crippen LogP contribution in [0, 0.1) is 0 Å². The average Bonchev–Trinajstić information content (AvgIpc) is 2.93. The molecule has 1 atom stereocenters. The Morgan fingerprint density at radius 3 is 2.95 bits per heavy atom. The third-order valence-electron chi connectivity index (χ3n) is 2.49. The van der Waals surface area contributed by atoms with Gasteiger partial charge in [0.25, 0.3) is 0 Å². The summed E-state index contributed by atoms with van der Waals surface area (Å²) < 4.78 is 0.868. The van der Waals surface area contributed by atoms with Crippen molar-refractivity contribution in [1.29, 1.82) is 0 Å². The molecule has 0 spiro atoms. The summed E-state index contributed by atoms with van der Waals surface area (Å²) in [6, 6.07) is 4.28. The van der Waals surface area contributed by atoms with Gasteiger partial charge in [-0.2, -0.15) is 0 Å². The minimum absolute atomic E-state index is 0. The van der Waals surface area contributed by atoms with Gasteiger partial charge in [0.1, 0.15) is 15.8 Å². The van der Waals surface area contributed by atoms with Gasteiger partial charge in [-0.25, -0.2) is 9.78 Å². The first-order chi connectivity index (χ1) is 8.63. The van der Waals surface area contributed by atoms with E-state index in [0.29, 0.717) is 15.8 Å². The van der Waals surface area contributed by atoms with E-state index in [-0.39, 0.29) is 58.6 Å². The molecular formula is C11H9KN2O3S2. The maximum Gasteiger partial charge on any atom is 1.00 e. The number of phenolic OH excluding ortho intramolecular Hbond substituents is 1. The number of carboxylic acid groups (broad SMARTS) is 1. The van der Waals surface area contributed by atoms with Crippen LogP contribution in [0.15, 0.2) is 23.2 Å². The maximum atomic E-state index is 10.8. The monoisotopic (exact) mass is 320 g/mol. The van der Waals surface area contributed by atoms with E-state index < -0.39 is 12.0 Å². The van der Waals surface area contributed by atoms with Crippen molar-refractivity contribution in [3.05, 3.63) is 23.2 Å². The van der Waals surface area contributed by atoms with E-state index in [0.717, 1.165) is 10.2 Å². The van der Waals surface area contributed by atoms with Crippen LogP contribution in [0.5, 0.6) is 5.75 Å². The van der Waals surface area contributed by atoms with Gasteiger partial charge in [0.2, 0.25) is 0 Å². The zero-order chi connectivity index (χ0) is 12.7. The standard InChI is InChI=1S/C11H8N2O3S2.K.H/c14-5-1-2-6-8(3-5)18-10(12-6)9-13-7(4-17-9)11(15)16;;/h1-3,7,14H,4H2,(H,15,16);;/q;+1;-1/t7-;;/m1../s1. The van der Waals surface area contributed by atoms with E-state index in [2.05, 4.69) is 9.98 Å². The molecule has 2 aromatic rings. The van der Waals surface area contributed by atoms with Gasteiger partial charge >= 0.3 is 57.4 Å². The molecule has 0 saturated carbocycles. The second-order valence-electron chi connectivity index (χ2n) is 3.77. The summed E-state index contributed by atoms with van der Waals surface area (Å²) in [5.74, 6) is -0.260. The molecule has 5 nitrogen and oxygen atoms in total. The zero-order valence-electron chi connectivity index (χ0n) is 11.0. The van der Waals surface area contributed by atoms with Crippen molar-refractivity contribution in [3.63, 3.8) is 0 Å². The molecule has 19 heavy (non-hydrogen) atoms. The van der Waals surface area contributed by atoms with Gasteiger partial charge in [0, 0.05) is 5.75 Å². The Morgan fingerprint density at radius 1 is 1.47 bits per heavy atom. The Morgan fingerprint density at radius 2 is 2.26 bits per heavy atom. The van der Waals surface area contributed by atoms with Gasteiger partial charge in [-0.3, -0.25) is 4.99 Å². The minimum atomic E-state index is -0.906. The number of aromatic nitrogens is 1. The van der Waals surface area contributed by atoms with Crippen LogP contribution in [0.1, 0.15) is 6.43 Å². The van der Waals surface area contributed by atoms with Gasteiger partial charge < -0.3 is 11.6 Å². The number of rotatable bonds is 2. The fourth-order valence-corrected chi connectivity index (χ4v) is 3.72. The summed E-state index contributed by atoms with van der Waals surface area (Å²) in [5, 5.41) is 19.7. The number of fused-ring (bicyclic) bond motifs is 1. The number of hydrogen-bond donors (Lipinski definition) is 2. The predicted molar refractivity (Wildman–Crippen MR) is 72.8 cm³/mol. The van der Waals surface area contributed by atoms with Crippen LogP contribution in [0.4, 0.5) is 0 Å². The van der Waals surface area contributed by atoms with Gasteiger partial charge in [0.15, 0.2) is 6.04 Å². The van der Waals surface area contributed by atoms with E-state index in [1.54, 1.807) is 18.2 Å². The number of hydrogen-bond acceptors (Lipinski definition) is 6. The van der Waals surface area contributed by atoms with Crippen molar-refractivity contribution in [1.82, 2.24) is 4.98 Å². The molecule has 2 N–H and O–H groups in total. The van der Waals surface area contributed by atoms with Crippen molar-refractivity contribution in [2.24, 2.45) is 4.99 Å². The largest absolute Gasteiger partial charge is 1.00 e. The van der Waals surface area contributed by atoms with E-state index in [4.69, 9.17) is 5.11 Å². The van der Waals surface area contributed by atoms with Crippen LogP contribution in [-0.2, 0) is 4.79 Å². The van der Waals surface area contributed by atoms with Gasteiger partial charge in [-0.15, -0.1) is 23.1 Å². The Labute approximate surface area is 161 Å². The topological polar surface area (TPSA) is 82.8 Å². The summed E-state index contributed by atoms with van der Waals surface area (Å²) in [4.78, 5) is 19.4. The molecule has 1 aromatic heterocycles. The van der Waals surface area contributed by atoms with E-state index in [9.17, 15) is 9.90 Å². The molecule has 0 aliphatic carbocycles. The Hall–Kier alpha value is 0.0364. The van der Waals surface area contributed by atoms with Crippen LogP contribution in [-0.4, -0.2) is 38.0 Å². The quantitative estimate of drug-likeness (QED) is 0.698. The number of carbonyl (C=O) groups is 1. The number of nitrogens with zero attached hydrogens (tertiary/aromatic N) is 2. The SMILES string of the molecule is O=C(O)[C@H]1CSC(c2nc3ccc(O)cc3s2)=N1.[H-].[K+].